The summed E-state index contributed by atoms with van der Waals surface area (Å²) in [4.78, 5) is 28.7. The van der Waals surface area contributed by atoms with Crippen molar-refractivity contribution in [1.82, 2.24) is 10.2 Å². The average molecular weight is 472 g/mol. The summed E-state index contributed by atoms with van der Waals surface area (Å²) in [5.74, 6) is -0.597. The first-order valence-electron chi connectivity index (χ1n) is 10.8. The molecule has 0 bridgehead atoms. The first-order chi connectivity index (χ1) is 15.9. The topological polar surface area (TPSA) is 77.2 Å². The number of para-hydroxylation sites is 1. The van der Waals surface area contributed by atoms with Gasteiger partial charge in [-0.1, -0.05) is 18.2 Å². The summed E-state index contributed by atoms with van der Waals surface area (Å²) in [6, 6.07) is 14.5. The molecule has 2 aliphatic rings. The maximum absolute atomic E-state index is 15.0. The number of ether oxygens (including phenoxy) is 1. The number of cyclic esters (lactones) is 1. The third kappa shape index (κ3) is 5.51. The van der Waals surface area contributed by atoms with E-state index in [1.165, 1.54) is 17.9 Å². The van der Waals surface area contributed by atoms with Crippen molar-refractivity contribution < 1.29 is 18.7 Å². The van der Waals surface area contributed by atoms with Gasteiger partial charge in [0, 0.05) is 38.8 Å². The number of thiocarbonyl (C=S) groups is 1. The van der Waals surface area contributed by atoms with Gasteiger partial charge in [-0.3, -0.25) is 9.69 Å². The van der Waals surface area contributed by atoms with E-state index in [2.05, 4.69) is 15.5 Å². The average Bonchev–Trinajstić information content (AvgIpc) is 3.19. The van der Waals surface area contributed by atoms with Gasteiger partial charge < -0.3 is 25.2 Å². The molecule has 2 amide bonds. The van der Waals surface area contributed by atoms with Gasteiger partial charge >= 0.3 is 6.09 Å². The largest absolute Gasteiger partial charge is 0.442 e. The Balaban J connectivity index is 1.34. The summed E-state index contributed by atoms with van der Waals surface area (Å²) >= 11 is 5.52. The van der Waals surface area contributed by atoms with Gasteiger partial charge in [-0.15, -0.1) is 0 Å². The summed E-state index contributed by atoms with van der Waals surface area (Å²) in [5, 5.41) is 6.51. The fraction of sp³-hybridized carbons (Fsp3) is 0.348. The zero-order chi connectivity index (χ0) is 23.4. The summed E-state index contributed by atoms with van der Waals surface area (Å²) in [5.41, 5.74) is 1.85. The van der Waals surface area contributed by atoms with Crippen molar-refractivity contribution in [1.29, 1.82) is 0 Å². The van der Waals surface area contributed by atoms with E-state index in [-0.39, 0.29) is 19.0 Å². The number of benzene rings is 2. The molecule has 0 aliphatic carbocycles. The lowest BCUT2D eigenvalue weighted by molar-refractivity contribution is -0.119. The molecule has 2 heterocycles. The lowest BCUT2D eigenvalue weighted by Crippen LogP contribution is -2.50. The Bertz CT molecular complexity index is 1030. The molecule has 0 saturated carbocycles. The molecule has 33 heavy (non-hydrogen) atoms. The van der Waals surface area contributed by atoms with Crippen LogP contribution in [0.4, 0.5) is 26.2 Å². The molecule has 174 valence electrons. The third-order valence-corrected chi connectivity index (χ3v) is 5.99. The van der Waals surface area contributed by atoms with E-state index in [1.807, 2.05) is 35.2 Å². The van der Waals surface area contributed by atoms with Gasteiger partial charge in [-0.2, -0.15) is 0 Å². The van der Waals surface area contributed by atoms with Crippen molar-refractivity contribution in [2.75, 3.05) is 54.4 Å². The highest BCUT2D eigenvalue weighted by atomic mass is 32.1. The van der Waals surface area contributed by atoms with E-state index >= 15 is 0 Å². The number of hydrogen-bond donors (Lipinski definition) is 2. The zero-order valence-corrected chi connectivity index (χ0v) is 19.1. The van der Waals surface area contributed by atoms with Crippen molar-refractivity contribution in [3.8, 4) is 0 Å². The van der Waals surface area contributed by atoms with Crippen LogP contribution in [-0.2, 0) is 9.53 Å². The van der Waals surface area contributed by atoms with Crippen LogP contribution in [0.1, 0.15) is 6.92 Å². The lowest BCUT2D eigenvalue weighted by atomic mass is 10.2. The normalized spacial score (nSPS) is 18.2. The Morgan fingerprint density at radius 2 is 1.88 bits per heavy atom. The van der Waals surface area contributed by atoms with E-state index in [1.54, 1.807) is 12.1 Å². The Morgan fingerprint density at radius 3 is 2.55 bits per heavy atom. The second kappa shape index (κ2) is 10.0. The summed E-state index contributed by atoms with van der Waals surface area (Å²) in [6.45, 7) is 4.46. The Hall–Kier alpha value is -3.40. The number of hydrogen-bond acceptors (Lipinski definition) is 5. The van der Waals surface area contributed by atoms with Crippen LogP contribution in [0.2, 0.25) is 0 Å². The Morgan fingerprint density at radius 1 is 1.15 bits per heavy atom. The molecular formula is C23H26FN5O3S. The molecule has 10 heteroatoms. The van der Waals surface area contributed by atoms with Gasteiger partial charge in [0.25, 0.3) is 0 Å². The highest BCUT2D eigenvalue weighted by Crippen LogP contribution is 2.28. The van der Waals surface area contributed by atoms with Crippen LogP contribution in [0.5, 0.6) is 0 Å². The van der Waals surface area contributed by atoms with Crippen LogP contribution in [0.25, 0.3) is 0 Å². The minimum atomic E-state index is -0.550. The molecule has 0 spiro atoms. The van der Waals surface area contributed by atoms with E-state index in [4.69, 9.17) is 17.0 Å². The van der Waals surface area contributed by atoms with Crippen molar-refractivity contribution in [3.63, 3.8) is 0 Å². The van der Waals surface area contributed by atoms with Crippen LogP contribution in [0, 0.1) is 5.82 Å². The Labute approximate surface area is 197 Å². The minimum Gasteiger partial charge on any atom is -0.442 e. The first-order valence-corrected chi connectivity index (χ1v) is 11.2. The number of rotatable bonds is 5. The van der Waals surface area contributed by atoms with Crippen molar-refractivity contribution in [2.45, 2.75) is 13.0 Å². The lowest BCUT2D eigenvalue weighted by Gasteiger charge is -2.37. The van der Waals surface area contributed by atoms with Crippen LogP contribution >= 0.6 is 12.2 Å². The summed E-state index contributed by atoms with van der Waals surface area (Å²) < 4.78 is 20.2. The molecular weight excluding hydrogens is 445 g/mol. The molecule has 2 aromatic carbocycles. The van der Waals surface area contributed by atoms with E-state index in [9.17, 15) is 14.0 Å². The standard InChI is InChI=1S/C23H26FN5O3S/c1-16(30)25-14-19-15-29(23(31)32-19)18-7-8-21(20(24)13-18)27-9-11-28(12-10-27)22(33)26-17-5-3-2-4-6-17/h2-8,13,19H,9-12,14-15H2,1H3,(H,25,30)(H,26,33)/t19-/m0/s1. The van der Waals surface area contributed by atoms with Crippen molar-refractivity contribution in [3.05, 3.63) is 54.3 Å². The van der Waals surface area contributed by atoms with Crippen molar-refractivity contribution in [2.24, 2.45) is 0 Å². The number of halogens is 1. The zero-order valence-electron chi connectivity index (χ0n) is 18.3. The molecule has 4 rings (SSSR count). The maximum atomic E-state index is 15.0. The molecule has 2 N–H and O–H groups in total. The molecule has 0 radical (unpaired) electrons. The quantitative estimate of drug-likeness (QED) is 0.650. The Kier molecular flexibility index (Phi) is 6.93. The number of nitrogens with zero attached hydrogens (tertiary/aromatic N) is 3. The van der Waals surface area contributed by atoms with Gasteiger partial charge in [0.05, 0.1) is 24.5 Å². The predicted octanol–water partition coefficient (Wildman–Crippen LogP) is 2.81. The van der Waals surface area contributed by atoms with Crippen LogP contribution in [0.15, 0.2) is 48.5 Å². The van der Waals surface area contributed by atoms with E-state index in [0.717, 1.165) is 5.69 Å². The smallest absolute Gasteiger partial charge is 0.414 e. The van der Waals surface area contributed by atoms with Crippen LogP contribution in [-0.4, -0.2) is 67.4 Å². The fourth-order valence-corrected chi connectivity index (χ4v) is 4.19. The first kappa shape index (κ1) is 22.8. The SMILES string of the molecule is CC(=O)NC[C@H]1CN(c2ccc(N3CCN(C(=S)Nc4ccccc4)CC3)c(F)c2)C(=O)O1. The summed E-state index contributed by atoms with van der Waals surface area (Å²) in [7, 11) is 0. The van der Waals surface area contributed by atoms with Crippen molar-refractivity contribution >= 4 is 46.4 Å². The number of carbonyl (C=O) groups is 2. The van der Waals surface area contributed by atoms with Gasteiger partial charge in [0.15, 0.2) is 5.11 Å². The van der Waals surface area contributed by atoms with Crippen LogP contribution in [0.3, 0.4) is 0 Å². The second-order valence-electron chi connectivity index (χ2n) is 7.96. The van der Waals surface area contributed by atoms with Gasteiger partial charge in [0.2, 0.25) is 5.91 Å². The van der Waals surface area contributed by atoms with E-state index < -0.39 is 18.0 Å². The molecule has 2 saturated heterocycles. The number of carbonyl (C=O) groups excluding carboxylic acids is 2. The highest BCUT2D eigenvalue weighted by molar-refractivity contribution is 7.80. The van der Waals surface area contributed by atoms with Gasteiger partial charge in [0.1, 0.15) is 11.9 Å². The predicted molar refractivity (Wildman–Crippen MR) is 129 cm³/mol. The minimum absolute atomic E-state index is 0.198. The molecule has 0 aromatic heterocycles. The second-order valence-corrected chi connectivity index (χ2v) is 8.35. The summed E-state index contributed by atoms with van der Waals surface area (Å²) in [6.07, 6.45) is -1.02. The molecule has 2 aliphatic heterocycles. The molecule has 0 unspecified atom stereocenters. The van der Waals surface area contributed by atoms with Crippen LogP contribution < -0.4 is 20.4 Å². The maximum Gasteiger partial charge on any atom is 0.414 e. The van der Waals surface area contributed by atoms with E-state index in [0.29, 0.717) is 42.7 Å². The third-order valence-electron chi connectivity index (χ3n) is 5.63. The molecule has 2 aromatic rings. The van der Waals surface area contributed by atoms with Gasteiger partial charge in [-0.25, -0.2) is 9.18 Å². The number of piperazine rings is 1. The molecule has 2 fully saturated rings. The molecule has 8 nitrogen and oxygen atoms in total. The molecule has 1 atom stereocenters. The number of nitrogens with one attached hydrogen (secondary N) is 2. The monoisotopic (exact) mass is 471 g/mol. The number of anilines is 3. The number of amides is 2. The fourth-order valence-electron chi connectivity index (χ4n) is 3.89. The van der Waals surface area contributed by atoms with Gasteiger partial charge in [-0.05, 0) is 42.5 Å². The highest BCUT2D eigenvalue weighted by Gasteiger charge is 2.33.